The molecule has 1 saturated heterocycles. The molecule has 2 fully saturated rings. The fraction of sp³-hybridized carbons (Fsp3) is 0.452. The van der Waals surface area contributed by atoms with Crippen molar-refractivity contribution in [3.63, 3.8) is 0 Å². The topological polar surface area (TPSA) is 69.7 Å². The third-order valence-corrected chi connectivity index (χ3v) is 8.18. The van der Waals surface area contributed by atoms with Gasteiger partial charge in [0.15, 0.2) is 11.6 Å². The zero-order valence-corrected chi connectivity index (χ0v) is 21.6. The molecule has 1 saturated carbocycles. The van der Waals surface area contributed by atoms with Gasteiger partial charge in [0.2, 0.25) is 5.91 Å². The maximum absolute atomic E-state index is 13.0. The summed E-state index contributed by atoms with van der Waals surface area (Å²) in [5.41, 5.74) is 2.13. The van der Waals surface area contributed by atoms with Crippen LogP contribution in [0.3, 0.4) is 0 Å². The van der Waals surface area contributed by atoms with Crippen LogP contribution in [0.1, 0.15) is 83.2 Å². The number of benzene rings is 2. The maximum Gasteiger partial charge on any atom is 0.238 e. The van der Waals surface area contributed by atoms with Crippen molar-refractivity contribution in [2.45, 2.75) is 57.4 Å². The number of hydrogen-bond donors (Lipinski definition) is 1. The van der Waals surface area contributed by atoms with E-state index < -0.39 is 0 Å². The quantitative estimate of drug-likeness (QED) is 0.467. The molecule has 1 atom stereocenters. The van der Waals surface area contributed by atoms with E-state index in [0.717, 1.165) is 19.8 Å². The Kier molecular flexibility index (Phi) is 7.96. The second kappa shape index (κ2) is 11.5. The van der Waals surface area contributed by atoms with Crippen LogP contribution in [0.5, 0.6) is 0 Å². The van der Waals surface area contributed by atoms with E-state index in [1.54, 1.807) is 42.5 Å². The first-order chi connectivity index (χ1) is 18.0. The van der Waals surface area contributed by atoms with E-state index in [-0.39, 0.29) is 17.5 Å². The van der Waals surface area contributed by atoms with E-state index in [9.17, 15) is 14.4 Å². The van der Waals surface area contributed by atoms with Crippen LogP contribution in [-0.2, 0) is 4.79 Å². The number of nitrogens with zero attached hydrogens (tertiary/aromatic N) is 2. The van der Waals surface area contributed by atoms with Gasteiger partial charge in [-0.15, -0.1) is 6.58 Å². The standard InChI is InChI=1S/C31H37N3O3/c1-2-17-34-21-33(19-28(34)22-11-7-5-3-4-6-8-12-22)20-29(35)32-23-15-16-26-27(18-23)31(37)25-14-10-9-13-24(25)30(26)36/h2,9-10,13-16,18,22,28H,1,3-8,11-12,17,19-21H2,(H,32,35). The highest BCUT2D eigenvalue weighted by Gasteiger charge is 2.36. The Morgan fingerprint density at radius 2 is 1.51 bits per heavy atom. The van der Waals surface area contributed by atoms with Crippen LogP contribution in [-0.4, -0.2) is 59.6 Å². The predicted molar refractivity (Wildman–Crippen MR) is 146 cm³/mol. The predicted octanol–water partition coefficient (Wildman–Crippen LogP) is 5.28. The molecule has 0 spiro atoms. The number of anilines is 1. The smallest absolute Gasteiger partial charge is 0.238 e. The van der Waals surface area contributed by atoms with E-state index in [0.29, 0.717) is 46.4 Å². The Bertz CT molecular complexity index is 1180. The molecule has 0 bridgehead atoms. The minimum Gasteiger partial charge on any atom is -0.325 e. The van der Waals surface area contributed by atoms with Crippen LogP contribution in [0.15, 0.2) is 55.1 Å². The number of fused-ring (bicyclic) bond motifs is 2. The molecule has 37 heavy (non-hydrogen) atoms. The summed E-state index contributed by atoms with van der Waals surface area (Å²) in [6, 6.07) is 12.3. The number of ketones is 2. The third-order valence-electron chi connectivity index (χ3n) is 8.18. The minimum absolute atomic E-state index is 0.108. The van der Waals surface area contributed by atoms with Gasteiger partial charge in [-0.2, -0.15) is 0 Å². The number of carbonyl (C=O) groups is 3. The van der Waals surface area contributed by atoms with Crippen molar-refractivity contribution in [3.8, 4) is 0 Å². The average Bonchev–Trinajstić information content (AvgIpc) is 3.34. The fourth-order valence-corrected chi connectivity index (χ4v) is 6.35. The lowest BCUT2D eigenvalue weighted by Gasteiger charge is -2.30. The van der Waals surface area contributed by atoms with Crippen LogP contribution >= 0.6 is 0 Å². The largest absolute Gasteiger partial charge is 0.325 e. The number of hydrogen-bond acceptors (Lipinski definition) is 5. The van der Waals surface area contributed by atoms with Crippen LogP contribution in [0, 0.1) is 5.92 Å². The number of amides is 1. The van der Waals surface area contributed by atoms with Crippen molar-refractivity contribution in [1.29, 1.82) is 0 Å². The summed E-state index contributed by atoms with van der Waals surface area (Å²) in [6.45, 7) is 6.74. The van der Waals surface area contributed by atoms with E-state index in [4.69, 9.17) is 0 Å². The lowest BCUT2D eigenvalue weighted by Crippen LogP contribution is -2.37. The normalized spacial score (nSPS) is 21.5. The summed E-state index contributed by atoms with van der Waals surface area (Å²) in [4.78, 5) is 43.6. The summed E-state index contributed by atoms with van der Waals surface area (Å²) < 4.78 is 0. The van der Waals surface area contributed by atoms with Gasteiger partial charge in [0.1, 0.15) is 0 Å². The number of rotatable bonds is 6. The summed E-state index contributed by atoms with van der Waals surface area (Å²) >= 11 is 0. The summed E-state index contributed by atoms with van der Waals surface area (Å²) in [5, 5.41) is 2.96. The van der Waals surface area contributed by atoms with Crippen molar-refractivity contribution < 1.29 is 14.4 Å². The van der Waals surface area contributed by atoms with Gasteiger partial charge in [0.05, 0.1) is 13.2 Å². The highest BCUT2D eigenvalue weighted by Crippen LogP contribution is 2.31. The SMILES string of the molecule is C=CCN1CN(CC(=O)Nc2ccc3c(c2)C(=O)c2ccccc2C3=O)CC1C1CCCCCCCC1. The molecule has 2 aromatic rings. The first-order valence-electron chi connectivity index (χ1n) is 13.7. The number of nitrogens with one attached hydrogen (secondary N) is 1. The van der Waals surface area contributed by atoms with Gasteiger partial charge >= 0.3 is 0 Å². The zero-order chi connectivity index (χ0) is 25.8. The van der Waals surface area contributed by atoms with Crippen LogP contribution in [0.4, 0.5) is 5.69 Å². The molecule has 5 rings (SSSR count). The summed E-state index contributed by atoms with van der Waals surface area (Å²) in [7, 11) is 0. The lowest BCUT2D eigenvalue weighted by molar-refractivity contribution is -0.117. The van der Waals surface area contributed by atoms with E-state index in [2.05, 4.69) is 21.7 Å². The molecular weight excluding hydrogens is 462 g/mol. The Labute approximate surface area is 219 Å². The third kappa shape index (κ3) is 5.60. The molecule has 1 aliphatic heterocycles. The van der Waals surface area contributed by atoms with Gasteiger partial charge in [0.25, 0.3) is 0 Å². The molecule has 1 amide bonds. The second-order valence-corrected chi connectivity index (χ2v) is 10.8. The Morgan fingerprint density at radius 3 is 2.19 bits per heavy atom. The first kappa shape index (κ1) is 25.6. The lowest BCUT2D eigenvalue weighted by atomic mass is 9.84. The average molecular weight is 500 g/mol. The Balaban J connectivity index is 1.24. The second-order valence-electron chi connectivity index (χ2n) is 10.8. The molecule has 194 valence electrons. The number of carbonyl (C=O) groups excluding carboxylic acids is 3. The van der Waals surface area contributed by atoms with Gasteiger partial charge in [-0.05, 0) is 37.0 Å². The summed E-state index contributed by atoms with van der Waals surface area (Å²) in [5.74, 6) is 0.221. The molecule has 1 N–H and O–H groups in total. The van der Waals surface area contributed by atoms with Crippen molar-refractivity contribution >= 4 is 23.2 Å². The van der Waals surface area contributed by atoms with Gasteiger partial charge in [-0.25, -0.2) is 0 Å². The van der Waals surface area contributed by atoms with Gasteiger partial charge < -0.3 is 5.32 Å². The van der Waals surface area contributed by atoms with Crippen molar-refractivity contribution in [2.24, 2.45) is 5.92 Å². The van der Waals surface area contributed by atoms with Gasteiger partial charge in [-0.1, -0.05) is 68.9 Å². The highest BCUT2D eigenvalue weighted by atomic mass is 16.2. The molecule has 0 radical (unpaired) electrons. The molecule has 1 unspecified atom stereocenters. The minimum atomic E-state index is -0.182. The van der Waals surface area contributed by atoms with Crippen LogP contribution in [0.2, 0.25) is 0 Å². The maximum atomic E-state index is 13.0. The molecular formula is C31H37N3O3. The van der Waals surface area contributed by atoms with Crippen molar-refractivity contribution in [1.82, 2.24) is 9.80 Å². The molecule has 1 heterocycles. The molecule has 6 heteroatoms. The van der Waals surface area contributed by atoms with E-state index >= 15 is 0 Å². The van der Waals surface area contributed by atoms with E-state index in [1.165, 1.54) is 51.4 Å². The molecule has 0 aromatic heterocycles. The first-order valence-corrected chi connectivity index (χ1v) is 13.7. The van der Waals surface area contributed by atoms with E-state index in [1.807, 2.05) is 6.08 Å². The molecule has 3 aliphatic rings. The molecule has 2 aliphatic carbocycles. The monoisotopic (exact) mass is 499 g/mol. The van der Waals surface area contributed by atoms with Crippen LogP contribution < -0.4 is 5.32 Å². The fourth-order valence-electron chi connectivity index (χ4n) is 6.35. The molecule has 2 aromatic carbocycles. The van der Waals surface area contributed by atoms with Crippen molar-refractivity contribution in [3.05, 3.63) is 77.4 Å². The van der Waals surface area contributed by atoms with Gasteiger partial charge in [-0.3, -0.25) is 24.2 Å². The van der Waals surface area contributed by atoms with Gasteiger partial charge in [0, 0.05) is 47.1 Å². The zero-order valence-electron chi connectivity index (χ0n) is 21.6. The summed E-state index contributed by atoms with van der Waals surface area (Å²) in [6.07, 6.45) is 12.5. The Morgan fingerprint density at radius 1 is 0.892 bits per heavy atom. The molecule has 6 nitrogen and oxygen atoms in total. The van der Waals surface area contributed by atoms with Crippen molar-refractivity contribution in [2.75, 3.05) is 31.6 Å². The van der Waals surface area contributed by atoms with Crippen LogP contribution in [0.25, 0.3) is 0 Å². The Hall–Kier alpha value is -3.09. The highest BCUT2D eigenvalue weighted by molar-refractivity contribution is 6.28.